The first kappa shape index (κ1) is 14.4. The third kappa shape index (κ3) is 2.85. The predicted molar refractivity (Wildman–Crippen MR) is 96.5 cm³/mol. The number of benzene rings is 1. The van der Waals surface area contributed by atoms with Crippen molar-refractivity contribution in [3.63, 3.8) is 0 Å². The van der Waals surface area contributed by atoms with Crippen molar-refractivity contribution in [1.82, 2.24) is 9.97 Å². The highest BCUT2D eigenvalue weighted by Gasteiger charge is 2.09. The summed E-state index contributed by atoms with van der Waals surface area (Å²) >= 11 is 3.51. The number of methoxy groups -OCH3 is 1. The van der Waals surface area contributed by atoms with Gasteiger partial charge < -0.3 is 9.72 Å². The zero-order valence-electron chi connectivity index (χ0n) is 12.4. The van der Waals surface area contributed by atoms with Crippen LogP contribution in [0, 0.1) is 0 Å². The highest BCUT2D eigenvalue weighted by atomic mass is 32.2. The molecule has 4 rings (SSSR count). The highest BCUT2D eigenvalue weighted by Crippen LogP contribution is 2.37. The molecule has 23 heavy (non-hydrogen) atoms. The lowest BCUT2D eigenvalue weighted by molar-refractivity contribution is 0.415. The first-order chi connectivity index (χ1) is 11.3. The van der Waals surface area contributed by atoms with Crippen LogP contribution in [0.5, 0.6) is 5.75 Å². The molecule has 1 N–H and O–H groups in total. The zero-order valence-corrected chi connectivity index (χ0v) is 14.1. The van der Waals surface area contributed by atoms with Crippen molar-refractivity contribution in [2.45, 2.75) is 9.10 Å². The summed E-state index contributed by atoms with van der Waals surface area (Å²) in [6.45, 7) is 0. The van der Waals surface area contributed by atoms with E-state index in [0.29, 0.717) is 0 Å². The molecule has 0 unspecified atom stereocenters. The van der Waals surface area contributed by atoms with E-state index in [4.69, 9.17) is 4.74 Å². The molecule has 3 aromatic heterocycles. The number of nitrogens with zero attached hydrogens (tertiary/aromatic N) is 1. The Morgan fingerprint density at radius 1 is 1.13 bits per heavy atom. The molecular formula is C18H14N2OS2. The minimum atomic E-state index is 0.852. The van der Waals surface area contributed by atoms with Crippen molar-refractivity contribution in [3.8, 4) is 16.9 Å². The standard InChI is InChI=1S/C18H14N2OS2/c1-21-14-5-2-4-12(8-14)13-9-15-16(11-20-18(15)19-10-13)23-17-6-3-7-22-17/h2-11H,1H3,(H,19,20). The molecule has 0 amide bonds. The molecule has 0 aliphatic heterocycles. The number of rotatable bonds is 4. The van der Waals surface area contributed by atoms with E-state index in [0.717, 1.165) is 27.9 Å². The molecule has 0 bridgehead atoms. The van der Waals surface area contributed by atoms with Gasteiger partial charge in [-0.2, -0.15) is 0 Å². The van der Waals surface area contributed by atoms with Gasteiger partial charge in [-0.25, -0.2) is 4.98 Å². The molecule has 1 aromatic carbocycles. The second-order valence-corrected chi connectivity index (χ2v) is 7.33. The summed E-state index contributed by atoms with van der Waals surface area (Å²) in [6, 6.07) is 14.4. The molecule has 114 valence electrons. The first-order valence-corrected chi connectivity index (χ1v) is 8.86. The van der Waals surface area contributed by atoms with Crippen LogP contribution in [0.2, 0.25) is 0 Å². The Bertz CT molecular complexity index is 945. The third-order valence-electron chi connectivity index (χ3n) is 3.60. The summed E-state index contributed by atoms with van der Waals surface area (Å²) in [4.78, 5) is 9.00. The van der Waals surface area contributed by atoms with Crippen LogP contribution < -0.4 is 4.74 Å². The summed E-state index contributed by atoms with van der Waals surface area (Å²) in [7, 11) is 1.68. The number of hydrogen-bond donors (Lipinski definition) is 1. The van der Waals surface area contributed by atoms with E-state index in [9.17, 15) is 0 Å². The van der Waals surface area contributed by atoms with Crippen LogP contribution in [0.1, 0.15) is 0 Å². The van der Waals surface area contributed by atoms with Gasteiger partial charge >= 0.3 is 0 Å². The van der Waals surface area contributed by atoms with Crippen LogP contribution in [0.25, 0.3) is 22.2 Å². The number of pyridine rings is 1. The Morgan fingerprint density at radius 2 is 2.09 bits per heavy atom. The fourth-order valence-corrected chi connectivity index (χ4v) is 4.28. The number of hydrogen-bond acceptors (Lipinski definition) is 4. The first-order valence-electron chi connectivity index (χ1n) is 7.16. The van der Waals surface area contributed by atoms with Crippen LogP contribution in [0.3, 0.4) is 0 Å². The number of aromatic nitrogens is 2. The van der Waals surface area contributed by atoms with E-state index < -0.39 is 0 Å². The smallest absolute Gasteiger partial charge is 0.138 e. The SMILES string of the molecule is COc1cccc(-c2cnc3[nH]cc(Sc4cccs4)c3c2)c1. The van der Waals surface area contributed by atoms with E-state index in [2.05, 4.69) is 39.6 Å². The average Bonchev–Trinajstić information content (AvgIpc) is 3.25. The Balaban J connectivity index is 1.77. The topological polar surface area (TPSA) is 37.9 Å². The number of aromatic amines is 1. The summed E-state index contributed by atoms with van der Waals surface area (Å²) in [6.07, 6.45) is 3.92. The van der Waals surface area contributed by atoms with Gasteiger partial charge in [-0.3, -0.25) is 0 Å². The van der Waals surface area contributed by atoms with Crippen molar-refractivity contribution >= 4 is 34.1 Å². The van der Waals surface area contributed by atoms with Gasteiger partial charge in [0.05, 0.1) is 11.3 Å². The molecule has 3 nitrogen and oxygen atoms in total. The number of thiophene rings is 1. The van der Waals surface area contributed by atoms with Gasteiger partial charge in [0, 0.05) is 28.2 Å². The maximum atomic E-state index is 5.31. The van der Waals surface area contributed by atoms with E-state index >= 15 is 0 Å². The summed E-state index contributed by atoms with van der Waals surface area (Å²) in [5, 5.41) is 3.24. The normalized spacial score (nSPS) is 11.0. The Morgan fingerprint density at radius 3 is 2.91 bits per heavy atom. The van der Waals surface area contributed by atoms with E-state index in [1.54, 1.807) is 30.2 Å². The molecular weight excluding hydrogens is 324 g/mol. The van der Waals surface area contributed by atoms with Crippen LogP contribution in [-0.2, 0) is 0 Å². The minimum Gasteiger partial charge on any atom is -0.497 e. The molecule has 0 radical (unpaired) electrons. The quantitative estimate of drug-likeness (QED) is 0.537. The Labute approximate surface area is 142 Å². The number of fused-ring (bicyclic) bond motifs is 1. The van der Waals surface area contributed by atoms with Gasteiger partial charge in [0.2, 0.25) is 0 Å². The lowest BCUT2D eigenvalue weighted by Crippen LogP contribution is -1.85. The van der Waals surface area contributed by atoms with Gasteiger partial charge in [-0.1, -0.05) is 30.0 Å². The van der Waals surface area contributed by atoms with Gasteiger partial charge in [0.1, 0.15) is 11.4 Å². The average molecular weight is 338 g/mol. The van der Waals surface area contributed by atoms with Crippen molar-refractivity contribution in [2.75, 3.05) is 7.11 Å². The molecule has 3 heterocycles. The summed E-state index contributed by atoms with van der Waals surface area (Å²) in [5.74, 6) is 0.852. The van der Waals surface area contributed by atoms with Crippen LogP contribution in [-0.4, -0.2) is 17.1 Å². The van der Waals surface area contributed by atoms with E-state index in [1.807, 2.05) is 30.6 Å². The number of nitrogens with one attached hydrogen (secondary N) is 1. The van der Waals surface area contributed by atoms with E-state index in [1.165, 1.54) is 9.10 Å². The summed E-state index contributed by atoms with van der Waals surface area (Å²) < 4.78 is 6.59. The molecule has 0 fully saturated rings. The van der Waals surface area contributed by atoms with Gasteiger partial charge in [0.15, 0.2) is 0 Å². The second-order valence-electron chi connectivity index (χ2n) is 5.04. The predicted octanol–water partition coefficient (Wildman–Crippen LogP) is 5.45. The third-order valence-corrected chi connectivity index (χ3v) is 5.70. The maximum Gasteiger partial charge on any atom is 0.138 e. The van der Waals surface area contributed by atoms with Gasteiger partial charge in [0.25, 0.3) is 0 Å². The largest absolute Gasteiger partial charge is 0.497 e. The number of ether oxygens (including phenoxy) is 1. The van der Waals surface area contributed by atoms with Crippen LogP contribution in [0.4, 0.5) is 0 Å². The molecule has 4 aromatic rings. The van der Waals surface area contributed by atoms with Crippen LogP contribution in [0.15, 0.2) is 69.3 Å². The molecule has 0 aliphatic rings. The minimum absolute atomic E-state index is 0.852. The Hall–Kier alpha value is -2.24. The molecule has 5 heteroatoms. The fourth-order valence-electron chi connectivity index (χ4n) is 2.45. The maximum absolute atomic E-state index is 5.31. The van der Waals surface area contributed by atoms with Crippen LogP contribution >= 0.6 is 23.1 Å². The molecule has 0 saturated heterocycles. The van der Waals surface area contributed by atoms with Crippen molar-refractivity contribution in [3.05, 3.63) is 60.2 Å². The zero-order chi connectivity index (χ0) is 15.6. The molecule has 0 atom stereocenters. The van der Waals surface area contributed by atoms with Crippen molar-refractivity contribution < 1.29 is 4.74 Å². The van der Waals surface area contributed by atoms with E-state index in [-0.39, 0.29) is 0 Å². The van der Waals surface area contributed by atoms with Crippen molar-refractivity contribution in [2.24, 2.45) is 0 Å². The van der Waals surface area contributed by atoms with Gasteiger partial charge in [-0.15, -0.1) is 11.3 Å². The number of H-pyrrole nitrogens is 1. The monoisotopic (exact) mass is 338 g/mol. The molecule has 0 saturated carbocycles. The lowest BCUT2D eigenvalue weighted by Gasteiger charge is -2.05. The second kappa shape index (κ2) is 6.10. The van der Waals surface area contributed by atoms with Crippen molar-refractivity contribution in [1.29, 1.82) is 0 Å². The Kier molecular flexibility index (Phi) is 3.81. The molecule has 0 spiro atoms. The lowest BCUT2D eigenvalue weighted by atomic mass is 10.1. The van der Waals surface area contributed by atoms with Gasteiger partial charge in [-0.05, 0) is 35.2 Å². The summed E-state index contributed by atoms with van der Waals surface area (Å²) in [5.41, 5.74) is 3.10. The fraction of sp³-hybridized carbons (Fsp3) is 0.0556. The highest BCUT2D eigenvalue weighted by molar-refractivity contribution is 8.01. The molecule has 0 aliphatic carbocycles.